The van der Waals surface area contributed by atoms with Gasteiger partial charge in [-0.1, -0.05) is 12.8 Å². The molecular formula is C9H12N2O2. The Hall–Kier alpha value is -1.32. The van der Waals surface area contributed by atoms with Gasteiger partial charge in [0.15, 0.2) is 0 Å². The first-order valence-corrected chi connectivity index (χ1v) is 4.53. The maximum absolute atomic E-state index is 10.7. The Kier molecular flexibility index (Phi) is 2.04. The molecule has 4 nitrogen and oxygen atoms in total. The smallest absolute Gasteiger partial charge is 0.339 e. The third-order valence-electron chi connectivity index (χ3n) is 2.45. The van der Waals surface area contributed by atoms with E-state index in [1.807, 2.05) is 0 Å². The van der Waals surface area contributed by atoms with Gasteiger partial charge < -0.3 is 5.11 Å². The number of aromatic nitrogens is 2. The van der Waals surface area contributed by atoms with Crippen LogP contribution in [0.25, 0.3) is 0 Å². The van der Waals surface area contributed by atoms with Crippen LogP contribution in [0.3, 0.4) is 0 Å². The molecule has 2 N–H and O–H groups in total. The average molecular weight is 180 g/mol. The van der Waals surface area contributed by atoms with Crippen molar-refractivity contribution in [1.82, 2.24) is 10.2 Å². The number of hydrogen-bond donors (Lipinski definition) is 2. The maximum Gasteiger partial charge on any atom is 0.339 e. The van der Waals surface area contributed by atoms with Gasteiger partial charge in [0.25, 0.3) is 0 Å². The SMILES string of the molecule is O=C(O)c1cn[nH]c1CCC1CC1. The number of nitrogens with one attached hydrogen (secondary N) is 1. The van der Waals surface area contributed by atoms with E-state index in [-0.39, 0.29) is 0 Å². The van der Waals surface area contributed by atoms with Crippen molar-refractivity contribution in [3.8, 4) is 0 Å². The minimum Gasteiger partial charge on any atom is -0.478 e. The van der Waals surface area contributed by atoms with Crippen LogP contribution in [0.2, 0.25) is 0 Å². The fourth-order valence-corrected chi connectivity index (χ4v) is 1.44. The molecule has 0 amide bonds. The fourth-order valence-electron chi connectivity index (χ4n) is 1.44. The Labute approximate surface area is 76.0 Å². The van der Waals surface area contributed by atoms with Crippen LogP contribution in [0, 0.1) is 5.92 Å². The molecule has 0 atom stereocenters. The number of carbonyl (C=O) groups is 1. The molecule has 0 spiro atoms. The Bertz CT molecular complexity index is 315. The summed E-state index contributed by atoms with van der Waals surface area (Å²) in [4.78, 5) is 10.7. The molecule has 13 heavy (non-hydrogen) atoms. The lowest BCUT2D eigenvalue weighted by Crippen LogP contribution is -2.00. The zero-order valence-electron chi connectivity index (χ0n) is 7.29. The summed E-state index contributed by atoms with van der Waals surface area (Å²) in [5.41, 5.74) is 1.08. The van der Waals surface area contributed by atoms with Gasteiger partial charge >= 0.3 is 5.97 Å². The highest BCUT2D eigenvalue weighted by atomic mass is 16.4. The lowest BCUT2D eigenvalue weighted by atomic mass is 10.1. The van der Waals surface area contributed by atoms with E-state index in [0.717, 1.165) is 24.5 Å². The van der Waals surface area contributed by atoms with Gasteiger partial charge in [-0.05, 0) is 18.8 Å². The molecular weight excluding hydrogens is 168 g/mol. The maximum atomic E-state index is 10.7. The molecule has 0 unspecified atom stereocenters. The van der Waals surface area contributed by atoms with Gasteiger partial charge in [-0.2, -0.15) is 5.10 Å². The summed E-state index contributed by atoms with van der Waals surface area (Å²) in [7, 11) is 0. The molecule has 1 aromatic rings. The first-order valence-electron chi connectivity index (χ1n) is 4.53. The summed E-state index contributed by atoms with van der Waals surface area (Å²) in [6, 6.07) is 0. The predicted octanol–water partition coefficient (Wildman–Crippen LogP) is 1.45. The minimum absolute atomic E-state index is 0.320. The minimum atomic E-state index is -0.889. The van der Waals surface area contributed by atoms with Crippen LogP contribution >= 0.6 is 0 Å². The van der Waals surface area contributed by atoms with E-state index in [0.29, 0.717) is 5.56 Å². The Morgan fingerprint density at radius 2 is 2.46 bits per heavy atom. The number of H-pyrrole nitrogens is 1. The molecule has 0 aromatic carbocycles. The third-order valence-corrected chi connectivity index (χ3v) is 2.45. The van der Waals surface area contributed by atoms with Gasteiger partial charge in [-0.3, -0.25) is 5.10 Å². The number of nitrogens with zero attached hydrogens (tertiary/aromatic N) is 1. The van der Waals surface area contributed by atoms with Gasteiger partial charge in [0, 0.05) is 5.69 Å². The molecule has 1 aliphatic carbocycles. The second-order valence-corrected chi connectivity index (χ2v) is 3.55. The second-order valence-electron chi connectivity index (χ2n) is 3.55. The quantitative estimate of drug-likeness (QED) is 0.737. The summed E-state index contributed by atoms with van der Waals surface area (Å²) >= 11 is 0. The highest BCUT2D eigenvalue weighted by Gasteiger charge is 2.22. The van der Waals surface area contributed by atoms with Crippen molar-refractivity contribution in [3.05, 3.63) is 17.5 Å². The van der Waals surface area contributed by atoms with E-state index in [2.05, 4.69) is 10.2 Å². The third kappa shape index (κ3) is 1.88. The van der Waals surface area contributed by atoms with Crippen molar-refractivity contribution >= 4 is 5.97 Å². The molecule has 0 saturated heterocycles. The number of aromatic carboxylic acids is 1. The standard InChI is InChI=1S/C9H12N2O2/c12-9(13)7-5-10-11-8(7)4-3-6-1-2-6/h5-6H,1-4H2,(H,10,11)(H,12,13). The monoisotopic (exact) mass is 180 g/mol. The van der Waals surface area contributed by atoms with Crippen molar-refractivity contribution in [2.45, 2.75) is 25.7 Å². The van der Waals surface area contributed by atoms with Gasteiger partial charge in [-0.25, -0.2) is 4.79 Å². The predicted molar refractivity (Wildman–Crippen MR) is 46.6 cm³/mol. The topological polar surface area (TPSA) is 66.0 Å². The number of rotatable bonds is 4. The van der Waals surface area contributed by atoms with E-state index < -0.39 is 5.97 Å². The summed E-state index contributed by atoms with van der Waals surface area (Å²) < 4.78 is 0. The zero-order valence-corrected chi connectivity index (χ0v) is 7.29. The van der Waals surface area contributed by atoms with Gasteiger partial charge in [0.2, 0.25) is 0 Å². The molecule has 1 aromatic heterocycles. The van der Waals surface area contributed by atoms with E-state index in [4.69, 9.17) is 5.11 Å². The largest absolute Gasteiger partial charge is 0.478 e. The van der Waals surface area contributed by atoms with Gasteiger partial charge in [0.05, 0.1) is 6.20 Å². The van der Waals surface area contributed by atoms with Crippen LogP contribution < -0.4 is 0 Å². The lowest BCUT2D eigenvalue weighted by molar-refractivity contribution is 0.0695. The van der Waals surface area contributed by atoms with Crippen molar-refractivity contribution in [1.29, 1.82) is 0 Å². The molecule has 1 heterocycles. The fraction of sp³-hybridized carbons (Fsp3) is 0.556. The molecule has 70 valence electrons. The Morgan fingerprint density at radius 1 is 1.69 bits per heavy atom. The van der Waals surface area contributed by atoms with Crippen molar-refractivity contribution in [2.75, 3.05) is 0 Å². The molecule has 0 aliphatic heterocycles. The molecule has 0 radical (unpaired) electrons. The number of carboxylic acids is 1. The highest BCUT2D eigenvalue weighted by molar-refractivity contribution is 5.88. The van der Waals surface area contributed by atoms with Crippen molar-refractivity contribution in [3.63, 3.8) is 0 Å². The summed E-state index contributed by atoms with van der Waals surface area (Å²) in [6.45, 7) is 0. The normalized spacial score (nSPS) is 16.0. The van der Waals surface area contributed by atoms with Gasteiger partial charge in [-0.15, -0.1) is 0 Å². The van der Waals surface area contributed by atoms with Crippen LogP contribution in [0.5, 0.6) is 0 Å². The van der Waals surface area contributed by atoms with Crippen LogP contribution in [-0.4, -0.2) is 21.3 Å². The number of aryl methyl sites for hydroxylation is 1. The first-order chi connectivity index (χ1) is 6.27. The van der Waals surface area contributed by atoms with E-state index in [9.17, 15) is 4.79 Å². The molecule has 1 aliphatic rings. The van der Waals surface area contributed by atoms with Crippen LogP contribution in [-0.2, 0) is 6.42 Å². The molecule has 0 bridgehead atoms. The number of hydrogen-bond acceptors (Lipinski definition) is 2. The van der Waals surface area contributed by atoms with Gasteiger partial charge in [0.1, 0.15) is 5.56 Å². The second kappa shape index (κ2) is 3.20. The summed E-state index contributed by atoms with van der Waals surface area (Å²) in [6.07, 6.45) is 5.88. The summed E-state index contributed by atoms with van der Waals surface area (Å²) in [5, 5.41) is 15.3. The van der Waals surface area contributed by atoms with Crippen LogP contribution in [0.4, 0.5) is 0 Å². The Morgan fingerprint density at radius 3 is 3.08 bits per heavy atom. The number of aromatic amines is 1. The molecule has 2 rings (SSSR count). The molecule has 1 fully saturated rings. The van der Waals surface area contributed by atoms with Crippen molar-refractivity contribution < 1.29 is 9.90 Å². The molecule has 1 saturated carbocycles. The average Bonchev–Trinajstić information content (AvgIpc) is 2.79. The Balaban J connectivity index is 2.00. The lowest BCUT2D eigenvalue weighted by Gasteiger charge is -1.97. The van der Waals surface area contributed by atoms with E-state index >= 15 is 0 Å². The van der Waals surface area contributed by atoms with E-state index in [1.54, 1.807) is 0 Å². The van der Waals surface area contributed by atoms with E-state index in [1.165, 1.54) is 19.0 Å². The summed E-state index contributed by atoms with van der Waals surface area (Å²) in [5.74, 6) is -0.0653. The highest BCUT2D eigenvalue weighted by Crippen LogP contribution is 2.33. The zero-order chi connectivity index (χ0) is 9.26. The number of carboxylic acid groups (broad SMARTS) is 1. The van der Waals surface area contributed by atoms with Crippen LogP contribution in [0.1, 0.15) is 35.3 Å². The first kappa shape index (κ1) is 8.29. The molecule has 4 heteroatoms. The van der Waals surface area contributed by atoms with Crippen LogP contribution in [0.15, 0.2) is 6.20 Å². The van der Waals surface area contributed by atoms with Crippen molar-refractivity contribution in [2.24, 2.45) is 5.92 Å².